The molecule has 1 fully saturated rings. The molecule has 8 heteroatoms. The van der Waals surface area contributed by atoms with Crippen molar-refractivity contribution in [2.24, 2.45) is 5.41 Å². The highest BCUT2D eigenvalue weighted by molar-refractivity contribution is 7.97. The first kappa shape index (κ1) is 22.3. The average molecular weight is 455 g/mol. The molecule has 1 saturated carbocycles. The monoisotopic (exact) mass is 454 g/mol. The molecule has 168 valence electrons. The Bertz CT molecular complexity index is 949. The van der Waals surface area contributed by atoms with Crippen LogP contribution in [0.25, 0.3) is 0 Å². The van der Waals surface area contributed by atoms with E-state index in [1.54, 1.807) is 12.1 Å². The highest BCUT2D eigenvalue weighted by Crippen LogP contribution is 2.57. The number of halogens is 4. The highest BCUT2D eigenvalue weighted by atomic mass is 32.2. The van der Waals surface area contributed by atoms with Gasteiger partial charge in [-0.05, 0) is 66.6 Å². The molecule has 1 aliphatic carbocycles. The summed E-state index contributed by atoms with van der Waals surface area (Å²) in [6.07, 6.45) is -0.545. The largest absolute Gasteiger partial charge is 0.496 e. The summed E-state index contributed by atoms with van der Waals surface area (Å²) in [5.74, 6) is -0.591. The molecule has 0 atom stereocenters. The molecule has 1 N–H and O–H groups in total. The maximum absolute atomic E-state index is 13.7. The maximum Gasteiger partial charge on any atom is 0.420 e. The summed E-state index contributed by atoms with van der Waals surface area (Å²) in [6.45, 7) is 4.88. The van der Waals surface area contributed by atoms with E-state index in [4.69, 9.17) is 4.74 Å². The van der Waals surface area contributed by atoms with Crippen LogP contribution in [0.3, 0.4) is 0 Å². The Morgan fingerprint density at radius 2 is 1.74 bits per heavy atom. The van der Waals surface area contributed by atoms with Crippen molar-refractivity contribution in [1.29, 1.82) is 0 Å². The van der Waals surface area contributed by atoms with Crippen LogP contribution in [-0.4, -0.2) is 19.2 Å². The van der Waals surface area contributed by atoms with Crippen molar-refractivity contribution in [2.75, 3.05) is 18.6 Å². The molecule has 0 aromatic heterocycles. The van der Waals surface area contributed by atoms with Crippen LogP contribution >= 0.6 is 11.9 Å². The molecule has 0 amide bonds. The summed E-state index contributed by atoms with van der Waals surface area (Å²) in [5.41, 5.74) is 0.292. The third-order valence-electron chi connectivity index (χ3n) is 6.78. The van der Waals surface area contributed by atoms with Gasteiger partial charge in [0, 0.05) is 17.8 Å². The Morgan fingerprint density at radius 3 is 2.29 bits per heavy atom. The molecule has 2 aromatic carbocycles. The molecule has 3 nitrogen and oxygen atoms in total. The van der Waals surface area contributed by atoms with E-state index < -0.39 is 11.7 Å². The first-order valence-electron chi connectivity index (χ1n) is 10.4. The van der Waals surface area contributed by atoms with Gasteiger partial charge in [-0.3, -0.25) is 4.72 Å². The van der Waals surface area contributed by atoms with Crippen molar-refractivity contribution in [3.63, 3.8) is 0 Å². The number of ether oxygens (including phenoxy) is 1. The molecule has 1 aliphatic heterocycles. The number of hydrogen-bond acceptors (Lipinski definition) is 4. The van der Waals surface area contributed by atoms with Crippen molar-refractivity contribution in [3.05, 3.63) is 47.8 Å². The molecule has 0 unspecified atom stereocenters. The van der Waals surface area contributed by atoms with Crippen molar-refractivity contribution >= 4 is 23.3 Å². The van der Waals surface area contributed by atoms with Crippen LogP contribution in [0.15, 0.2) is 41.3 Å². The smallest absolute Gasteiger partial charge is 0.420 e. The minimum atomic E-state index is -4.55. The molecule has 2 aromatic rings. The van der Waals surface area contributed by atoms with Crippen LogP contribution in [0.1, 0.15) is 45.1 Å². The lowest BCUT2D eigenvalue weighted by Crippen LogP contribution is -2.62. The summed E-state index contributed by atoms with van der Waals surface area (Å²) in [7, 11) is 1.24. The molecule has 1 heterocycles. The van der Waals surface area contributed by atoms with E-state index in [0.29, 0.717) is 22.8 Å². The van der Waals surface area contributed by atoms with E-state index in [2.05, 4.69) is 18.6 Å². The fourth-order valence-electron chi connectivity index (χ4n) is 4.99. The van der Waals surface area contributed by atoms with Gasteiger partial charge in [0.25, 0.3) is 0 Å². The third kappa shape index (κ3) is 4.00. The predicted octanol–water partition coefficient (Wildman–Crippen LogP) is 6.94. The van der Waals surface area contributed by atoms with Crippen molar-refractivity contribution in [2.45, 2.75) is 56.1 Å². The van der Waals surface area contributed by atoms with E-state index in [9.17, 15) is 17.6 Å². The first-order chi connectivity index (χ1) is 14.6. The number of alkyl halides is 3. The van der Waals surface area contributed by atoms with Crippen molar-refractivity contribution in [3.8, 4) is 5.75 Å². The van der Waals surface area contributed by atoms with Crippen LogP contribution in [0.2, 0.25) is 0 Å². The molecular formula is C23H26F4N2OS. The zero-order chi connectivity index (χ0) is 22.4. The predicted molar refractivity (Wildman–Crippen MR) is 115 cm³/mol. The maximum atomic E-state index is 13.7. The van der Waals surface area contributed by atoms with Crippen LogP contribution in [0.5, 0.6) is 5.75 Å². The molecule has 31 heavy (non-hydrogen) atoms. The normalized spacial score (nSPS) is 19.5. The zero-order valence-electron chi connectivity index (χ0n) is 17.8. The number of nitrogens with zero attached hydrogens (tertiary/aromatic N) is 1. The lowest BCUT2D eigenvalue weighted by Gasteiger charge is -2.57. The minimum absolute atomic E-state index is 0.208. The fourth-order valence-corrected chi connectivity index (χ4v) is 5.96. The standard InChI is InChI=1S/C23H26F4N2OS/c1-4-21(5-2)12-22(13-21)14-29(16-8-6-15(24)7-9-16)18-10-17(23(25,26)27)19(30-3)11-20(18)31-28-22/h6-11,28H,4-5,12-14H2,1-3H3. The van der Waals surface area contributed by atoms with Gasteiger partial charge in [0.15, 0.2) is 0 Å². The fraction of sp³-hybridized carbons (Fsp3) is 0.478. The molecule has 2 aliphatic rings. The topological polar surface area (TPSA) is 24.5 Å². The Balaban J connectivity index is 1.82. The molecule has 4 rings (SSSR count). The average Bonchev–Trinajstić information content (AvgIpc) is 2.88. The number of benzene rings is 2. The van der Waals surface area contributed by atoms with Gasteiger partial charge in [-0.2, -0.15) is 13.2 Å². The summed E-state index contributed by atoms with van der Waals surface area (Å²) in [4.78, 5) is 2.53. The van der Waals surface area contributed by atoms with Crippen LogP contribution in [-0.2, 0) is 6.18 Å². The Morgan fingerprint density at radius 1 is 1.10 bits per heavy atom. The zero-order valence-corrected chi connectivity index (χ0v) is 18.6. The number of fused-ring (bicyclic) bond motifs is 1. The van der Waals surface area contributed by atoms with E-state index in [1.165, 1.54) is 37.3 Å². The van der Waals surface area contributed by atoms with E-state index in [0.717, 1.165) is 31.7 Å². The van der Waals surface area contributed by atoms with Gasteiger partial charge < -0.3 is 9.64 Å². The molecule has 1 spiro atoms. The second-order valence-corrected chi connectivity index (χ2v) is 9.47. The summed E-state index contributed by atoms with van der Waals surface area (Å²) in [6, 6.07) is 8.50. The van der Waals surface area contributed by atoms with Gasteiger partial charge in [-0.15, -0.1) is 0 Å². The van der Waals surface area contributed by atoms with E-state index >= 15 is 0 Å². The first-order valence-corrected chi connectivity index (χ1v) is 11.2. The van der Waals surface area contributed by atoms with Crippen LogP contribution in [0.4, 0.5) is 28.9 Å². The molecule has 0 radical (unpaired) electrons. The van der Waals surface area contributed by atoms with Gasteiger partial charge in [0.05, 0.1) is 23.3 Å². The second kappa shape index (κ2) is 7.89. The summed E-state index contributed by atoms with van der Waals surface area (Å²) >= 11 is 1.35. The number of anilines is 2. The number of hydrogen-bond donors (Lipinski definition) is 1. The van der Waals surface area contributed by atoms with Crippen molar-refractivity contribution in [1.82, 2.24) is 4.72 Å². The van der Waals surface area contributed by atoms with Crippen molar-refractivity contribution < 1.29 is 22.3 Å². The number of methoxy groups -OCH3 is 1. The van der Waals surface area contributed by atoms with E-state index in [1.807, 2.05) is 4.90 Å². The molecule has 0 saturated heterocycles. The second-order valence-electron chi connectivity index (χ2n) is 8.63. The van der Waals surface area contributed by atoms with Gasteiger partial charge in [0.1, 0.15) is 11.6 Å². The summed E-state index contributed by atoms with van der Waals surface area (Å²) in [5, 5.41) is 0. The van der Waals surface area contributed by atoms with Gasteiger partial charge >= 0.3 is 6.18 Å². The lowest BCUT2D eigenvalue weighted by molar-refractivity contribution is -0.138. The Kier molecular flexibility index (Phi) is 5.67. The van der Waals surface area contributed by atoms with Crippen LogP contribution < -0.4 is 14.4 Å². The SMILES string of the molecule is CCC1(CC)CC2(CN(c3ccc(F)cc3)c3cc(C(F)(F)F)c(OC)cc3SN2)C1. The summed E-state index contributed by atoms with van der Waals surface area (Å²) < 4.78 is 63.4. The Labute approximate surface area is 184 Å². The van der Waals surface area contributed by atoms with Gasteiger partial charge in [-0.1, -0.05) is 26.7 Å². The number of rotatable bonds is 4. The quantitative estimate of drug-likeness (QED) is 0.399. The van der Waals surface area contributed by atoms with Gasteiger partial charge in [0.2, 0.25) is 0 Å². The Hall–Kier alpha value is -1.93. The van der Waals surface area contributed by atoms with Crippen LogP contribution in [0, 0.1) is 11.2 Å². The van der Waals surface area contributed by atoms with E-state index in [-0.39, 0.29) is 22.5 Å². The van der Waals surface area contributed by atoms with Gasteiger partial charge in [-0.25, -0.2) is 4.39 Å². The number of nitrogens with one attached hydrogen (secondary N) is 1. The minimum Gasteiger partial charge on any atom is -0.496 e. The lowest BCUT2D eigenvalue weighted by atomic mass is 9.55. The third-order valence-corrected chi connectivity index (χ3v) is 7.86. The highest BCUT2D eigenvalue weighted by Gasteiger charge is 2.54. The molecular weight excluding hydrogens is 428 g/mol. The molecule has 0 bridgehead atoms.